The van der Waals surface area contributed by atoms with Gasteiger partial charge in [0.1, 0.15) is 5.75 Å². The lowest BCUT2D eigenvalue weighted by Gasteiger charge is -2.20. The average molecular weight is 251 g/mol. The highest BCUT2D eigenvalue weighted by Gasteiger charge is 2.06. The molecule has 0 spiro atoms. The number of rotatable bonds is 6. The smallest absolute Gasteiger partial charge is 0.305 e. The molecule has 0 saturated heterocycles. The van der Waals surface area contributed by atoms with Crippen LogP contribution in [0.15, 0.2) is 18.2 Å². The number of carbonyl (C=O) groups is 1. The first-order valence-electron chi connectivity index (χ1n) is 6.01. The second-order valence-electron chi connectivity index (χ2n) is 4.26. The van der Waals surface area contributed by atoms with Crippen LogP contribution >= 0.6 is 0 Å². The van der Waals surface area contributed by atoms with Crippen LogP contribution in [0.4, 0.5) is 5.69 Å². The summed E-state index contributed by atoms with van der Waals surface area (Å²) in [4.78, 5) is 13.1. The standard InChI is InChI=1S/C14H21NO3/c1-11-10-12(7-8-13(11)17-3)15(2)9-5-6-14(16)18-4/h7-8,10H,5-6,9H2,1-4H3. The lowest BCUT2D eigenvalue weighted by molar-refractivity contribution is -0.140. The number of carbonyl (C=O) groups excluding carboxylic acids is 1. The first-order valence-corrected chi connectivity index (χ1v) is 6.01. The Kier molecular flexibility index (Phi) is 5.49. The molecular formula is C14H21NO3. The summed E-state index contributed by atoms with van der Waals surface area (Å²) >= 11 is 0. The van der Waals surface area contributed by atoms with E-state index in [1.54, 1.807) is 7.11 Å². The molecule has 0 unspecified atom stereocenters. The molecule has 100 valence electrons. The lowest BCUT2D eigenvalue weighted by atomic mass is 10.2. The summed E-state index contributed by atoms with van der Waals surface area (Å²) in [5, 5.41) is 0. The minimum Gasteiger partial charge on any atom is -0.496 e. The van der Waals surface area contributed by atoms with E-state index in [1.807, 2.05) is 26.1 Å². The Morgan fingerprint density at radius 3 is 2.61 bits per heavy atom. The number of ether oxygens (including phenoxy) is 2. The van der Waals surface area contributed by atoms with Crippen LogP contribution < -0.4 is 9.64 Å². The van der Waals surface area contributed by atoms with E-state index in [1.165, 1.54) is 7.11 Å². The molecule has 1 rings (SSSR count). The van der Waals surface area contributed by atoms with E-state index in [0.29, 0.717) is 6.42 Å². The van der Waals surface area contributed by atoms with Crippen molar-refractivity contribution in [2.75, 3.05) is 32.7 Å². The molecule has 0 bridgehead atoms. The number of hydrogen-bond acceptors (Lipinski definition) is 4. The molecule has 0 fully saturated rings. The predicted molar refractivity (Wildman–Crippen MR) is 72.3 cm³/mol. The number of aryl methyl sites for hydroxylation is 1. The van der Waals surface area contributed by atoms with Crippen LogP contribution in [0, 0.1) is 6.92 Å². The van der Waals surface area contributed by atoms with Gasteiger partial charge in [0, 0.05) is 25.7 Å². The van der Waals surface area contributed by atoms with E-state index >= 15 is 0 Å². The summed E-state index contributed by atoms with van der Waals surface area (Å²) in [6, 6.07) is 6.06. The summed E-state index contributed by atoms with van der Waals surface area (Å²) in [7, 11) is 5.10. The maximum absolute atomic E-state index is 11.0. The molecule has 4 nitrogen and oxygen atoms in total. The van der Waals surface area contributed by atoms with Crippen LogP contribution in [0.25, 0.3) is 0 Å². The quantitative estimate of drug-likeness (QED) is 0.728. The minimum atomic E-state index is -0.158. The Morgan fingerprint density at radius 1 is 1.33 bits per heavy atom. The van der Waals surface area contributed by atoms with E-state index in [2.05, 4.69) is 15.7 Å². The lowest BCUT2D eigenvalue weighted by Crippen LogP contribution is -2.19. The van der Waals surface area contributed by atoms with Crippen molar-refractivity contribution in [1.82, 2.24) is 0 Å². The zero-order valence-electron chi connectivity index (χ0n) is 11.5. The van der Waals surface area contributed by atoms with Gasteiger partial charge in [-0.1, -0.05) is 0 Å². The first-order chi connectivity index (χ1) is 8.58. The average Bonchev–Trinajstić information content (AvgIpc) is 2.38. The van der Waals surface area contributed by atoms with Crippen molar-refractivity contribution in [1.29, 1.82) is 0 Å². The van der Waals surface area contributed by atoms with Crippen LogP contribution in [0.3, 0.4) is 0 Å². The highest BCUT2D eigenvalue weighted by molar-refractivity contribution is 5.69. The van der Waals surface area contributed by atoms with E-state index in [9.17, 15) is 4.79 Å². The van der Waals surface area contributed by atoms with Gasteiger partial charge in [-0.05, 0) is 37.1 Å². The Balaban J connectivity index is 2.53. The van der Waals surface area contributed by atoms with Gasteiger partial charge < -0.3 is 14.4 Å². The van der Waals surface area contributed by atoms with Gasteiger partial charge in [-0.15, -0.1) is 0 Å². The van der Waals surface area contributed by atoms with Crippen LogP contribution in [0.1, 0.15) is 18.4 Å². The van der Waals surface area contributed by atoms with Crippen molar-refractivity contribution in [2.45, 2.75) is 19.8 Å². The van der Waals surface area contributed by atoms with Gasteiger partial charge in [0.25, 0.3) is 0 Å². The fourth-order valence-corrected chi connectivity index (χ4v) is 1.79. The molecule has 0 aliphatic rings. The van der Waals surface area contributed by atoms with Gasteiger partial charge in [-0.2, -0.15) is 0 Å². The van der Waals surface area contributed by atoms with Crippen molar-refractivity contribution >= 4 is 11.7 Å². The Bertz CT molecular complexity index is 404. The second-order valence-corrected chi connectivity index (χ2v) is 4.26. The second kappa shape index (κ2) is 6.89. The Labute approximate surface area is 108 Å². The van der Waals surface area contributed by atoms with Crippen LogP contribution in [0.5, 0.6) is 5.75 Å². The van der Waals surface area contributed by atoms with Crippen molar-refractivity contribution in [3.63, 3.8) is 0 Å². The third-order valence-corrected chi connectivity index (χ3v) is 2.92. The summed E-state index contributed by atoms with van der Waals surface area (Å²) in [6.45, 7) is 2.84. The molecule has 1 aromatic rings. The van der Waals surface area contributed by atoms with E-state index in [0.717, 1.165) is 30.0 Å². The Morgan fingerprint density at radius 2 is 2.06 bits per heavy atom. The molecule has 4 heteroatoms. The van der Waals surface area contributed by atoms with Crippen molar-refractivity contribution < 1.29 is 14.3 Å². The molecule has 1 aromatic carbocycles. The van der Waals surface area contributed by atoms with E-state index in [-0.39, 0.29) is 5.97 Å². The largest absolute Gasteiger partial charge is 0.496 e. The number of nitrogens with zero attached hydrogens (tertiary/aromatic N) is 1. The summed E-state index contributed by atoms with van der Waals surface area (Å²) in [5.41, 5.74) is 2.23. The molecule has 0 saturated carbocycles. The molecule has 0 aliphatic carbocycles. The number of benzene rings is 1. The minimum absolute atomic E-state index is 0.158. The van der Waals surface area contributed by atoms with E-state index in [4.69, 9.17) is 4.74 Å². The fourth-order valence-electron chi connectivity index (χ4n) is 1.79. The molecule has 0 aromatic heterocycles. The normalized spacial score (nSPS) is 10.0. The van der Waals surface area contributed by atoms with Gasteiger partial charge in [0.2, 0.25) is 0 Å². The number of anilines is 1. The van der Waals surface area contributed by atoms with Gasteiger partial charge in [0.05, 0.1) is 14.2 Å². The fraction of sp³-hybridized carbons (Fsp3) is 0.500. The van der Waals surface area contributed by atoms with Crippen LogP contribution in [0.2, 0.25) is 0 Å². The predicted octanol–water partition coefficient (Wildman–Crippen LogP) is 2.39. The van der Waals surface area contributed by atoms with Gasteiger partial charge in [-0.25, -0.2) is 0 Å². The Hall–Kier alpha value is -1.71. The monoisotopic (exact) mass is 251 g/mol. The molecular weight excluding hydrogens is 230 g/mol. The van der Waals surface area contributed by atoms with Crippen molar-refractivity contribution in [3.05, 3.63) is 23.8 Å². The molecule has 0 atom stereocenters. The van der Waals surface area contributed by atoms with Crippen LogP contribution in [-0.2, 0) is 9.53 Å². The summed E-state index contributed by atoms with van der Waals surface area (Å²) < 4.78 is 9.84. The topological polar surface area (TPSA) is 38.8 Å². The molecule has 0 amide bonds. The van der Waals surface area contributed by atoms with E-state index < -0.39 is 0 Å². The SMILES string of the molecule is COC(=O)CCCN(C)c1ccc(OC)c(C)c1. The molecule has 0 heterocycles. The zero-order valence-corrected chi connectivity index (χ0v) is 11.5. The molecule has 0 N–H and O–H groups in total. The van der Waals surface area contributed by atoms with Gasteiger partial charge in [0.15, 0.2) is 0 Å². The van der Waals surface area contributed by atoms with Crippen molar-refractivity contribution in [3.8, 4) is 5.75 Å². The highest BCUT2D eigenvalue weighted by Crippen LogP contribution is 2.23. The van der Waals surface area contributed by atoms with Crippen LogP contribution in [-0.4, -0.2) is 33.8 Å². The number of esters is 1. The van der Waals surface area contributed by atoms with Gasteiger partial charge >= 0.3 is 5.97 Å². The van der Waals surface area contributed by atoms with Gasteiger partial charge in [-0.3, -0.25) is 4.79 Å². The third-order valence-electron chi connectivity index (χ3n) is 2.92. The third kappa shape index (κ3) is 3.95. The first kappa shape index (κ1) is 14.4. The maximum atomic E-state index is 11.0. The summed E-state index contributed by atoms with van der Waals surface area (Å²) in [6.07, 6.45) is 1.24. The summed E-state index contributed by atoms with van der Waals surface area (Å²) in [5.74, 6) is 0.732. The number of methoxy groups -OCH3 is 2. The maximum Gasteiger partial charge on any atom is 0.305 e. The molecule has 18 heavy (non-hydrogen) atoms. The molecule has 0 aliphatic heterocycles. The zero-order chi connectivity index (χ0) is 13.5. The number of hydrogen-bond donors (Lipinski definition) is 0. The van der Waals surface area contributed by atoms with Crippen molar-refractivity contribution in [2.24, 2.45) is 0 Å². The molecule has 0 radical (unpaired) electrons. The highest BCUT2D eigenvalue weighted by atomic mass is 16.5.